The third-order valence-corrected chi connectivity index (χ3v) is 3.19. The molecule has 0 unspecified atom stereocenters. The maximum atomic E-state index is 9.21. The van der Waals surface area contributed by atoms with Crippen molar-refractivity contribution in [1.29, 1.82) is 5.26 Å². The lowest BCUT2D eigenvalue weighted by atomic mass is 9.80. The lowest BCUT2D eigenvalue weighted by Crippen LogP contribution is -2.45. The van der Waals surface area contributed by atoms with Crippen LogP contribution in [-0.2, 0) is 17.2 Å². The highest BCUT2D eigenvalue weighted by atomic mass is 16.5. The van der Waals surface area contributed by atoms with E-state index in [4.69, 9.17) is 4.74 Å². The molecular weight excluding hydrogens is 202 g/mol. The van der Waals surface area contributed by atoms with Gasteiger partial charge in [-0.15, -0.1) is 0 Å². The van der Waals surface area contributed by atoms with E-state index in [0.29, 0.717) is 13.2 Å². The van der Waals surface area contributed by atoms with Crippen LogP contribution in [0, 0.1) is 11.3 Å². The van der Waals surface area contributed by atoms with Crippen LogP contribution in [0.2, 0.25) is 0 Å². The van der Waals surface area contributed by atoms with Crippen LogP contribution in [0.5, 0.6) is 0 Å². The SMILES string of the molecule is Cn1cnc2cc(C3(C#N)COC3)ccc21. The number of rotatable bonds is 1. The van der Waals surface area contributed by atoms with Crippen molar-refractivity contribution in [2.24, 2.45) is 7.05 Å². The first-order valence-corrected chi connectivity index (χ1v) is 5.16. The van der Waals surface area contributed by atoms with Gasteiger partial charge in [-0.2, -0.15) is 5.26 Å². The smallest absolute Gasteiger partial charge is 0.129 e. The van der Waals surface area contributed by atoms with Crippen LogP contribution < -0.4 is 0 Å². The minimum absolute atomic E-state index is 0.453. The van der Waals surface area contributed by atoms with Gasteiger partial charge in [0, 0.05) is 7.05 Å². The number of ether oxygens (including phenoxy) is 1. The Balaban J connectivity index is 2.16. The van der Waals surface area contributed by atoms with Gasteiger partial charge in [0.1, 0.15) is 5.41 Å². The zero-order valence-electron chi connectivity index (χ0n) is 8.97. The Morgan fingerprint density at radius 2 is 2.31 bits per heavy atom. The van der Waals surface area contributed by atoms with Gasteiger partial charge in [-0.3, -0.25) is 0 Å². The second-order valence-corrected chi connectivity index (χ2v) is 4.25. The Bertz CT molecular complexity index is 590. The van der Waals surface area contributed by atoms with Gasteiger partial charge in [0.05, 0.1) is 36.6 Å². The summed E-state index contributed by atoms with van der Waals surface area (Å²) < 4.78 is 7.12. The molecule has 1 aliphatic rings. The van der Waals surface area contributed by atoms with Crippen molar-refractivity contribution >= 4 is 11.0 Å². The van der Waals surface area contributed by atoms with Crippen molar-refractivity contribution in [2.45, 2.75) is 5.41 Å². The molecule has 1 aliphatic heterocycles. The van der Waals surface area contributed by atoms with E-state index >= 15 is 0 Å². The van der Waals surface area contributed by atoms with Gasteiger partial charge in [-0.05, 0) is 17.7 Å². The molecule has 1 saturated heterocycles. The molecule has 2 heterocycles. The molecule has 16 heavy (non-hydrogen) atoms. The van der Waals surface area contributed by atoms with Gasteiger partial charge in [0.25, 0.3) is 0 Å². The number of nitriles is 1. The number of fused-ring (bicyclic) bond motifs is 1. The third-order valence-electron chi connectivity index (χ3n) is 3.19. The molecule has 4 heteroatoms. The van der Waals surface area contributed by atoms with Crippen LogP contribution in [0.15, 0.2) is 24.5 Å². The first-order chi connectivity index (χ1) is 7.75. The van der Waals surface area contributed by atoms with Crippen molar-refractivity contribution in [3.63, 3.8) is 0 Å². The number of aromatic nitrogens is 2. The molecule has 3 rings (SSSR count). The van der Waals surface area contributed by atoms with Crippen molar-refractivity contribution in [2.75, 3.05) is 13.2 Å². The molecule has 1 fully saturated rings. The highest BCUT2D eigenvalue weighted by Crippen LogP contribution is 2.32. The summed E-state index contributed by atoms with van der Waals surface area (Å²) in [6.07, 6.45) is 1.78. The molecule has 0 bridgehead atoms. The van der Waals surface area contributed by atoms with Crippen LogP contribution >= 0.6 is 0 Å². The number of nitrogens with zero attached hydrogens (tertiary/aromatic N) is 3. The molecule has 0 aliphatic carbocycles. The summed E-state index contributed by atoms with van der Waals surface area (Å²) in [6, 6.07) is 8.34. The zero-order chi connectivity index (χ0) is 11.2. The summed E-state index contributed by atoms with van der Waals surface area (Å²) in [5.74, 6) is 0. The fourth-order valence-electron chi connectivity index (χ4n) is 2.04. The standard InChI is InChI=1S/C12H11N3O/c1-15-8-14-10-4-9(2-3-11(10)15)12(5-13)6-16-7-12/h2-4,8H,6-7H2,1H3. The minimum atomic E-state index is -0.453. The van der Waals surface area contributed by atoms with Gasteiger partial charge in [-0.1, -0.05) is 6.07 Å². The van der Waals surface area contributed by atoms with E-state index in [-0.39, 0.29) is 0 Å². The third kappa shape index (κ3) is 1.09. The summed E-state index contributed by atoms with van der Waals surface area (Å²) in [4.78, 5) is 4.30. The van der Waals surface area contributed by atoms with Crippen molar-refractivity contribution in [1.82, 2.24) is 9.55 Å². The van der Waals surface area contributed by atoms with Crippen LogP contribution in [-0.4, -0.2) is 22.8 Å². The molecule has 80 valence electrons. The quantitative estimate of drug-likeness (QED) is 0.718. The summed E-state index contributed by atoms with van der Waals surface area (Å²) >= 11 is 0. The van der Waals surface area contributed by atoms with Crippen molar-refractivity contribution in [3.8, 4) is 6.07 Å². The molecule has 0 spiro atoms. The van der Waals surface area contributed by atoms with Crippen molar-refractivity contribution in [3.05, 3.63) is 30.1 Å². The van der Waals surface area contributed by atoms with Crippen molar-refractivity contribution < 1.29 is 4.74 Å². The molecule has 2 aromatic rings. The fraction of sp³-hybridized carbons (Fsp3) is 0.333. The predicted molar refractivity (Wildman–Crippen MR) is 58.8 cm³/mol. The van der Waals surface area contributed by atoms with E-state index in [1.165, 1.54) is 0 Å². The highest BCUT2D eigenvalue weighted by Gasteiger charge is 2.40. The predicted octanol–water partition coefficient (Wildman–Crippen LogP) is 1.36. The molecule has 0 saturated carbocycles. The molecule has 0 N–H and O–H groups in total. The Labute approximate surface area is 93.1 Å². The highest BCUT2D eigenvalue weighted by molar-refractivity contribution is 5.76. The Morgan fingerprint density at radius 3 is 2.94 bits per heavy atom. The minimum Gasteiger partial charge on any atom is -0.377 e. The second kappa shape index (κ2) is 3.06. The maximum Gasteiger partial charge on any atom is 0.129 e. The lowest BCUT2D eigenvalue weighted by molar-refractivity contribution is -0.0297. The molecule has 1 aromatic carbocycles. The fourth-order valence-corrected chi connectivity index (χ4v) is 2.04. The Hall–Kier alpha value is -1.86. The van der Waals surface area contributed by atoms with E-state index in [1.807, 2.05) is 29.8 Å². The van der Waals surface area contributed by atoms with E-state index in [1.54, 1.807) is 6.33 Å². The Kier molecular flexibility index (Phi) is 1.79. The van der Waals surface area contributed by atoms with E-state index in [9.17, 15) is 5.26 Å². The summed E-state index contributed by atoms with van der Waals surface area (Å²) in [7, 11) is 1.96. The normalized spacial score (nSPS) is 18.0. The number of imidazole rings is 1. The second-order valence-electron chi connectivity index (χ2n) is 4.25. The summed E-state index contributed by atoms with van der Waals surface area (Å²) in [5, 5.41) is 9.21. The molecule has 0 radical (unpaired) electrons. The zero-order valence-corrected chi connectivity index (χ0v) is 8.97. The summed E-state index contributed by atoms with van der Waals surface area (Å²) in [6.45, 7) is 0.976. The van der Waals surface area contributed by atoms with Gasteiger partial charge in [0.2, 0.25) is 0 Å². The number of aryl methyl sites for hydroxylation is 1. The van der Waals surface area contributed by atoms with Crippen LogP contribution in [0.25, 0.3) is 11.0 Å². The molecule has 0 amide bonds. The average molecular weight is 213 g/mol. The first-order valence-electron chi connectivity index (χ1n) is 5.16. The van der Waals surface area contributed by atoms with E-state index in [2.05, 4.69) is 11.1 Å². The van der Waals surface area contributed by atoms with E-state index < -0.39 is 5.41 Å². The molecular formula is C12H11N3O. The summed E-state index contributed by atoms with van der Waals surface area (Å²) in [5.41, 5.74) is 2.57. The first kappa shape index (κ1) is 9.37. The Morgan fingerprint density at radius 1 is 1.50 bits per heavy atom. The van der Waals surface area contributed by atoms with Crippen LogP contribution in [0.3, 0.4) is 0 Å². The molecule has 0 atom stereocenters. The topological polar surface area (TPSA) is 50.8 Å². The average Bonchev–Trinajstić information content (AvgIpc) is 2.60. The maximum absolute atomic E-state index is 9.21. The van der Waals surface area contributed by atoms with Crippen LogP contribution in [0.1, 0.15) is 5.56 Å². The van der Waals surface area contributed by atoms with Gasteiger partial charge in [0.15, 0.2) is 0 Å². The monoisotopic (exact) mass is 213 g/mol. The van der Waals surface area contributed by atoms with Gasteiger partial charge >= 0.3 is 0 Å². The number of hydrogen-bond acceptors (Lipinski definition) is 3. The van der Waals surface area contributed by atoms with Gasteiger partial charge < -0.3 is 9.30 Å². The van der Waals surface area contributed by atoms with Gasteiger partial charge in [-0.25, -0.2) is 4.98 Å². The van der Waals surface area contributed by atoms with E-state index in [0.717, 1.165) is 16.6 Å². The lowest BCUT2D eigenvalue weighted by Gasteiger charge is -2.35. The number of hydrogen-bond donors (Lipinski definition) is 0. The number of benzene rings is 1. The van der Waals surface area contributed by atoms with Crippen LogP contribution in [0.4, 0.5) is 0 Å². The molecule has 4 nitrogen and oxygen atoms in total. The molecule has 1 aromatic heterocycles. The largest absolute Gasteiger partial charge is 0.377 e.